The lowest BCUT2D eigenvalue weighted by Crippen LogP contribution is -2.42. The smallest absolute Gasteiger partial charge is 0.258 e. The van der Waals surface area contributed by atoms with E-state index in [9.17, 15) is 4.79 Å². The van der Waals surface area contributed by atoms with Crippen LogP contribution >= 0.6 is 0 Å². The van der Waals surface area contributed by atoms with Crippen LogP contribution in [0.2, 0.25) is 0 Å². The zero-order chi connectivity index (χ0) is 19.7. The molecule has 0 saturated carbocycles. The Bertz CT molecular complexity index is 1020. The van der Waals surface area contributed by atoms with Crippen molar-refractivity contribution in [2.75, 3.05) is 6.61 Å². The normalized spacial score (nSPS) is 17.5. The van der Waals surface area contributed by atoms with Gasteiger partial charge in [0.05, 0.1) is 6.04 Å². The Hall–Kier alpha value is -3.01. The number of hydrogen-bond donors (Lipinski definition) is 1. The van der Waals surface area contributed by atoms with E-state index in [2.05, 4.69) is 11.4 Å². The second-order valence-electron chi connectivity index (χ2n) is 7.99. The highest BCUT2D eigenvalue weighted by atomic mass is 16.5. The van der Waals surface area contributed by atoms with E-state index in [0.29, 0.717) is 6.42 Å². The molecule has 0 aliphatic carbocycles. The molecule has 3 aromatic carbocycles. The highest BCUT2D eigenvalue weighted by Crippen LogP contribution is 2.39. The number of aryl methyl sites for hydroxylation is 1. The van der Waals surface area contributed by atoms with Crippen LogP contribution in [-0.4, -0.2) is 18.1 Å². The van der Waals surface area contributed by atoms with Crippen molar-refractivity contribution in [1.29, 1.82) is 0 Å². The van der Waals surface area contributed by atoms with E-state index in [1.807, 2.05) is 75.4 Å². The SMILES string of the molecule is Cc1ccc2c(c1)C(NC(=O)COc1cccc3ccccc13)CC(C)(C)O2. The molecule has 144 valence electrons. The van der Waals surface area contributed by atoms with Gasteiger partial charge in [0.15, 0.2) is 6.61 Å². The average molecular weight is 375 g/mol. The summed E-state index contributed by atoms with van der Waals surface area (Å²) in [6.07, 6.45) is 0.712. The summed E-state index contributed by atoms with van der Waals surface area (Å²) in [5, 5.41) is 5.23. The van der Waals surface area contributed by atoms with E-state index in [4.69, 9.17) is 9.47 Å². The molecule has 0 spiro atoms. The molecule has 1 heterocycles. The van der Waals surface area contributed by atoms with Gasteiger partial charge in [-0.2, -0.15) is 0 Å². The van der Waals surface area contributed by atoms with Gasteiger partial charge in [0.25, 0.3) is 5.91 Å². The van der Waals surface area contributed by atoms with Gasteiger partial charge in [-0.25, -0.2) is 0 Å². The van der Waals surface area contributed by atoms with Gasteiger partial charge in [0.1, 0.15) is 17.1 Å². The lowest BCUT2D eigenvalue weighted by molar-refractivity contribution is -0.124. The Morgan fingerprint density at radius 3 is 2.79 bits per heavy atom. The van der Waals surface area contributed by atoms with Crippen molar-refractivity contribution in [2.24, 2.45) is 0 Å². The molecule has 0 radical (unpaired) electrons. The van der Waals surface area contributed by atoms with Crippen LogP contribution in [0.25, 0.3) is 10.8 Å². The Morgan fingerprint density at radius 1 is 1.14 bits per heavy atom. The molecule has 1 amide bonds. The summed E-state index contributed by atoms with van der Waals surface area (Å²) < 4.78 is 11.9. The van der Waals surface area contributed by atoms with Crippen LogP contribution in [0.5, 0.6) is 11.5 Å². The van der Waals surface area contributed by atoms with Gasteiger partial charge in [-0.3, -0.25) is 4.79 Å². The van der Waals surface area contributed by atoms with E-state index in [1.54, 1.807) is 0 Å². The fourth-order valence-electron chi connectivity index (χ4n) is 3.80. The molecule has 3 aromatic rings. The molecule has 1 atom stereocenters. The third-order valence-corrected chi connectivity index (χ3v) is 5.07. The summed E-state index contributed by atoms with van der Waals surface area (Å²) in [5.41, 5.74) is 1.84. The maximum Gasteiger partial charge on any atom is 0.258 e. The van der Waals surface area contributed by atoms with Crippen LogP contribution in [0.4, 0.5) is 0 Å². The first-order valence-corrected chi connectivity index (χ1v) is 9.61. The molecule has 28 heavy (non-hydrogen) atoms. The topological polar surface area (TPSA) is 47.6 Å². The van der Waals surface area contributed by atoms with Gasteiger partial charge in [0, 0.05) is 17.4 Å². The predicted octanol–water partition coefficient (Wildman–Crippen LogP) is 4.95. The molecule has 4 nitrogen and oxygen atoms in total. The van der Waals surface area contributed by atoms with Crippen LogP contribution < -0.4 is 14.8 Å². The number of rotatable bonds is 4. The van der Waals surface area contributed by atoms with Gasteiger partial charge in [-0.1, -0.05) is 54.1 Å². The number of ether oxygens (including phenoxy) is 2. The number of benzene rings is 3. The van der Waals surface area contributed by atoms with E-state index >= 15 is 0 Å². The van der Waals surface area contributed by atoms with E-state index in [0.717, 1.165) is 33.4 Å². The lowest BCUT2D eigenvalue weighted by atomic mass is 9.89. The molecule has 1 N–H and O–H groups in total. The molecular formula is C24H25NO3. The third kappa shape index (κ3) is 3.81. The zero-order valence-corrected chi connectivity index (χ0v) is 16.5. The Kier molecular flexibility index (Phi) is 4.71. The van der Waals surface area contributed by atoms with Gasteiger partial charge >= 0.3 is 0 Å². The van der Waals surface area contributed by atoms with Crippen molar-refractivity contribution in [1.82, 2.24) is 5.32 Å². The van der Waals surface area contributed by atoms with Crippen LogP contribution in [0.1, 0.15) is 37.4 Å². The maximum atomic E-state index is 12.6. The van der Waals surface area contributed by atoms with Crippen LogP contribution in [0.15, 0.2) is 60.7 Å². The highest BCUT2D eigenvalue weighted by molar-refractivity contribution is 5.88. The number of fused-ring (bicyclic) bond motifs is 2. The summed E-state index contributed by atoms with van der Waals surface area (Å²) >= 11 is 0. The third-order valence-electron chi connectivity index (χ3n) is 5.07. The molecule has 4 heteroatoms. The summed E-state index contributed by atoms with van der Waals surface area (Å²) in [7, 11) is 0. The summed E-state index contributed by atoms with van der Waals surface area (Å²) in [6, 6.07) is 19.9. The maximum absolute atomic E-state index is 12.6. The number of carbonyl (C=O) groups excluding carboxylic acids is 1. The molecule has 0 bridgehead atoms. The highest BCUT2D eigenvalue weighted by Gasteiger charge is 2.34. The van der Waals surface area contributed by atoms with Crippen LogP contribution in [0.3, 0.4) is 0 Å². The monoisotopic (exact) mass is 375 g/mol. The number of carbonyl (C=O) groups is 1. The quantitative estimate of drug-likeness (QED) is 0.702. The Morgan fingerprint density at radius 2 is 1.93 bits per heavy atom. The first kappa shape index (κ1) is 18.4. The number of hydrogen-bond acceptors (Lipinski definition) is 3. The first-order chi connectivity index (χ1) is 13.4. The number of nitrogens with one attached hydrogen (secondary N) is 1. The second-order valence-corrected chi connectivity index (χ2v) is 7.99. The zero-order valence-electron chi connectivity index (χ0n) is 16.5. The molecule has 0 fully saturated rings. The van der Waals surface area contributed by atoms with Gasteiger partial charge in [-0.15, -0.1) is 0 Å². The molecule has 0 aromatic heterocycles. The van der Waals surface area contributed by atoms with Crippen LogP contribution in [-0.2, 0) is 4.79 Å². The van der Waals surface area contributed by atoms with Gasteiger partial charge in [-0.05, 0) is 38.3 Å². The van der Waals surface area contributed by atoms with Crippen molar-refractivity contribution in [3.63, 3.8) is 0 Å². The van der Waals surface area contributed by atoms with Crippen LogP contribution in [0, 0.1) is 6.92 Å². The molecule has 0 saturated heterocycles. The summed E-state index contributed by atoms with van der Waals surface area (Å²) in [6.45, 7) is 6.11. The fourth-order valence-corrected chi connectivity index (χ4v) is 3.80. The minimum atomic E-state index is -0.337. The van der Waals surface area contributed by atoms with Crippen molar-refractivity contribution in [2.45, 2.75) is 38.8 Å². The number of amides is 1. The second kappa shape index (κ2) is 7.19. The van der Waals surface area contributed by atoms with Crippen molar-refractivity contribution in [3.05, 3.63) is 71.8 Å². The van der Waals surface area contributed by atoms with E-state index in [1.165, 1.54) is 0 Å². The predicted molar refractivity (Wildman–Crippen MR) is 111 cm³/mol. The molecular weight excluding hydrogens is 350 g/mol. The fraction of sp³-hybridized carbons (Fsp3) is 0.292. The lowest BCUT2D eigenvalue weighted by Gasteiger charge is -2.38. The molecule has 1 unspecified atom stereocenters. The van der Waals surface area contributed by atoms with Crippen molar-refractivity contribution >= 4 is 16.7 Å². The Labute approximate surface area is 165 Å². The van der Waals surface area contributed by atoms with Gasteiger partial charge < -0.3 is 14.8 Å². The summed E-state index contributed by atoms with van der Waals surface area (Å²) in [4.78, 5) is 12.6. The van der Waals surface area contributed by atoms with Crippen molar-refractivity contribution < 1.29 is 14.3 Å². The largest absolute Gasteiger partial charge is 0.487 e. The molecule has 4 rings (SSSR count). The molecule has 1 aliphatic rings. The summed E-state index contributed by atoms with van der Waals surface area (Å²) in [5.74, 6) is 1.42. The first-order valence-electron chi connectivity index (χ1n) is 9.61. The van der Waals surface area contributed by atoms with Gasteiger partial charge in [0.2, 0.25) is 0 Å². The van der Waals surface area contributed by atoms with E-state index < -0.39 is 0 Å². The minimum absolute atomic E-state index is 0.0209. The van der Waals surface area contributed by atoms with Crippen molar-refractivity contribution in [3.8, 4) is 11.5 Å². The molecule has 1 aliphatic heterocycles. The minimum Gasteiger partial charge on any atom is -0.487 e. The van der Waals surface area contributed by atoms with E-state index in [-0.39, 0.29) is 24.2 Å². The Balaban J connectivity index is 1.49. The average Bonchev–Trinajstić information content (AvgIpc) is 2.66. The standard InChI is InChI=1S/C24H25NO3/c1-16-11-12-22-19(13-16)20(14-24(2,3)28-22)25-23(26)15-27-21-10-6-8-17-7-4-5-9-18(17)21/h4-13,20H,14-15H2,1-3H3,(H,25,26).